The normalized spacial score (nSPS) is 25.4. The molecule has 0 bridgehead atoms. The predicted molar refractivity (Wildman–Crippen MR) is 96.7 cm³/mol. The molecule has 2 aromatic rings. The van der Waals surface area contributed by atoms with Crippen LogP contribution < -0.4 is 0 Å². The summed E-state index contributed by atoms with van der Waals surface area (Å²) in [5.74, 6) is 0. The molecule has 0 radical (unpaired) electrons. The first-order chi connectivity index (χ1) is 11.8. The van der Waals surface area contributed by atoms with E-state index < -0.39 is 0 Å². The summed E-state index contributed by atoms with van der Waals surface area (Å²) >= 11 is 0. The van der Waals surface area contributed by atoms with Gasteiger partial charge in [-0.15, -0.1) is 0 Å². The van der Waals surface area contributed by atoms with Crippen LogP contribution in [-0.2, 0) is 19.5 Å². The molecule has 1 saturated heterocycles. The molecule has 2 aliphatic heterocycles. The Kier molecular flexibility index (Phi) is 4.65. The second-order valence-corrected chi connectivity index (χ2v) is 7.13. The summed E-state index contributed by atoms with van der Waals surface area (Å²) < 4.78 is 0. The molecule has 2 aromatic carbocycles. The lowest BCUT2D eigenvalue weighted by Crippen LogP contribution is -2.54. The SMILES string of the molecule is O[C@H]1CN(Cc2ccccc2)CC[C@@H]1N1CCc2ccccc2C1. The van der Waals surface area contributed by atoms with E-state index in [-0.39, 0.29) is 6.10 Å². The van der Waals surface area contributed by atoms with Crippen LogP contribution in [0.25, 0.3) is 0 Å². The highest BCUT2D eigenvalue weighted by Gasteiger charge is 2.33. The molecule has 2 atom stereocenters. The maximum Gasteiger partial charge on any atom is 0.0822 e. The first kappa shape index (κ1) is 15.8. The average Bonchev–Trinajstić information content (AvgIpc) is 2.62. The van der Waals surface area contributed by atoms with E-state index in [1.54, 1.807) is 0 Å². The highest BCUT2D eigenvalue weighted by Crippen LogP contribution is 2.25. The van der Waals surface area contributed by atoms with E-state index in [4.69, 9.17) is 0 Å². The van der Waals surface area contributed by atoms with Gasteiger partial charge in [-0.1, -0.05) is 54.6 Å². The maximum absolute atomic E-state index is 10.7. The zero-order valence-electron chi connectivity index (χ0n) is 14.1. The molecule has 3 heteroatoms. The molecule has 1 fully saturated rings. The number of likely N-dealkylation sites (tertiary alicyclic amines) is 1. The Labute approximate surface area is 144 Å². The van der Waals surface area contributed by atoms with Gasteiger partial charge in [0.25, 0.3) is 0 Å². The number of hydrogen-bond acceptors (Lipinski definition) is 3. The quantitative estimate of drug-likeness (QED) is 0.941. The summed E-state index contributed by atoms with van der Waals surface area (Å²) in [5, 5.41) is 10.7. The fourth-order valence-electron chi connectivity index (χ4n) is 4.20. The van der Waals surface area contributed by atoms with Crippen LogP contribution in [-0.4, -0.2) is 46.7 Å². The summed E-state index contributed by atoms with van der Waals surface area (Å²) in [7, 11) is 0. The smallest absolute Gasteiger partial charge is 0.0822 e. The van der Waals surface area contributed by atoms with Crippen molar-refractivity contribution in [2.24, 2.45) is 0 Å². The monoisotopic (exact) mass is 322 g/mol. The van der Waals surface area contributed by atoms with E-state index in [1.807, 2.05) is 0 Å². The molecule has 0 aliphatic carbocycles. The summed E-state index contributed by atoms with van der Waals surface area (Å²) in [5.41, 5.74) is 4.24. The third-order valence-corrected chi connectivity index (χ3v) is 5.51. The van der Waals surface area contributed by atoms with Crippen molar-refractivity contribution in [3.63, 3.8) is 0 Å². The van der Waals surface area contributed by atoms with Crippen molar-refractivity contribution in [2.75, 3.05) is 19.6 Å². The number of hydrogen-bond donors (Lipinski definition) is 1. The van der Waals surface area contributed by atoms with Crippen molar-refractivity contribution >= 4 is 0 Å². The van der Waals surface area contributed by atoms with Gasteiger partial charge in [-0.3, -0.25) is 9.80 Å². The molecule has 3 nitrogen and oxygen atoms in total. The Hall–Kier alpha value is -1.68. The Balaban J connectivity index is 1.37. The standard InChI is InChI=1S/C21H26N2O/c24-21-16-22(14-17-6-2-1-3-7-17)12-11-20(21)23-13-10-18-8-4-5-9-19(18)15-23/h1-9,20-21,24H,10-16H2/t20-,21-/m0/s1. The average molecular weight is 322 g/mol. The topological polar surface area (TPSA) is 26.7 Å². The van der Waals surface area contributed by atoms with E-state index in [1.165, 1.54) is 16.7 Å². The zero-order chi connectivity index (χ0) is 16.4. The van der Waals surface area contributed by atoms with Crippen LogP contribution in [0.3, 0.4) is 0 Å². The van der Waals surface area contributed by atoms with Gasteiger partial charge in [0, 0.05) is 38.8 Å². The second kappa shape index (κ2) is 7.06. The molecule has 126 valence electrons. The number of β-amino-alcohol motifs (C(OH)–C–C–N with tert-alkyl or cyclic N) is 1. The Bertz CT molecular complexity index is 673. The fraction of sp³-hybridized carbons (Fsp3) is 0.429. The van der Waals surface area contributed by atoms with Gasteiger partial charge in [-0.25, -0.2) is 0 Å². The zero-order valence-corrected chi connectivity index (χ0v) is 14.1. The Morgan fingerprint density at radius 3 is 2.46 bits per heavy atom. The minimum atomic E-state index is -0.257. The van der Waals surface area contributed by atoms with Gasteiger partial charge in [0.1, 0.15) is 0 Å². The van der Waals surface area contributed by atoms with Crippen LogP contribution in [0.1, 0.15) is 23.1 Å². The Morgan fingerprint density at radius 1 is 0.917 bits per heavy atom. The van der Waals surface area contributed by atoms with Crippen LogP contribution in [0, 0.1) is 0 Å². The summed E-state index contributed by atoms with van der Waals surface area (Å²) in [6.45, 7) is 4.83. The van der Waals surface area contributed by atoms with Crippen LogP contribution in [0.5, 0.6) is 0 Å². The molecule has 1 N–H and O–H groups in total. The minimum Gasteiger partial charge on any atom is -0.390 e. The number of rotatable bonds is 3. The number of benzene rings is 2. The van der Waals surface area contributed by atoms with Gasteiger partial charge in [0.2, 0.25) is 0 Å². The molecule has 0 amide bonds. The Morgan fingerprint density at radius 2 is 1.67 bits per heavy atom. The number of fused-ring (bicyclic) bond motifs is 1. The number of piperidine rings is 1. The van der Waals surface area contributed by atoms with E-state index in [0.717, 1.165) is 45.6 Å². The van der Waals surface area contributed by atoms with Crippen molar-refractivity contribution in [3.8, 4) is 0 Å². The first-order valence-electron chi connectivity index (χ1n) is 9.05. The molecular formula is C21H26N2O. The van der Waals surface area contributed by atoms with Crippen molar-refractivity contribution in [3.05, 3.63) is 71.3 Å². The molecule has 0 aromatic heterocycles. The van der Waals surface area contributed by atoms with Gasteiger partial charge >= 0.3 is 0 Å². The molecule has 2 heterocycles. The highest BCUT2D eigenvalue weighted by molar-refractivity contribution is 5.29. The van der Waals surface area contributed by atoms with Crippen molar-refractivity contribution < 1.29 is 5.11 Å². The summed E-state index contributed by atoms with van der Waals surface area (Å²) in [4.78, 5) is 4.88. The van der Waals surface area contributed by atoms with Crippen molar-refractivity contribution in [1.82, 2.24) is 9.80 Å². The molecule has 0 unspecified atom stereocenters. The van der Waals surface area contributed by atoms with Gasteiger partial charge < -0.3 is 5.11 Å². The highest BCUT2D eigenvalue weighted by atomic mass is 16.3. The van der Waals surface area contributed by atoms with E-state index in [2.05, 4.69) is 64.4 Å². The van der Waals surface area contributed by atoms with Gasteiger partial charge in [0.05, 0.1) is 6.10 Å². The van der Waals surface area contributed by atoms with Crippen LogP contribution in [0.15, 0.2) is 54.6 Å². The number of aliphatic hydroxyl groups excluding tert-OH is 1. The third-order valence-electron chi connectivity index (χ3n) is 5.51. The van der Waals surface area contributed by atoms with E-state index in [0.29, 0.717) is 6.04 Å². The number of nitrogens with zero attached hydrogens (tertiary/aromatic N) is 2. The molecular weight excluding hydrogens is 296 g/mol. The molecule has 4 rings (SSSR count). The molecule has 0 saturated carbocycles. The maximum atomic E-state index is 10.7. The van der Waals surface area contributed by atoms with Crippen molar-refractivity contribution in [2.45, 2.75) is 38.1 Å². The minimum absolute atomic E-state index is 0.257. The van der Waals surface area contributed by atoms with Gasteiger partial charge in [0.15, 0.2) is 0 Å². The molecule has 24 heavy (non-hydrogen) atoms. The third kappa shape index (κ3) is 3.39. The summed E-state index contributed by atoms with van der Waals surface area (Å²) in [6, 6.07) is 19.6. The molecule has 0 spiro atoms. The van der Waals surface area contributed by atoms with E-state index in [9.17, 15) is 5.11 Å². The van der Waals surface area contributed by atoms with Crippen molar-refractivity contribution in [1.29, 1.82) is 0 Å². The number of aliphatic hydroxyl groups is 1. The van der Waals surface area contributed by atoms with Gasteiger partial charge in [-0.05, 0) is 29.5 Å². The summed E-state index contributed by atoms with van der Waals surface area (Å²) in [6.07, 6.45) is 1.90. The largest absolute Gasteiger partial charge is 0.390 e. The van der Waals surface area contributed by atoms with Crippen LogP contribution in [0.4, 0.5) is 0 Å². The lowest BCUT2D eigenvalue weighted by molar-refractivity contribution is -0.0204. The first-order valence-corrected chi connectivity index (χ1v) is 9.05. The predicted octanol–water partition coefficient (Wildman–Crippen LogP) is 2.68. The fourth-order valence-corrected chi connectivity index (χ4v) is 4.20. The van der Waals surface area contributed by atoms with Crippen LogP contribution >= 0.6 is 0 Å². The van der Waals surface area contributed by atoms with Crippen LogP contribution in [0.2, 0.25) is 0 Å². The van der Waals surface area contributed by atoms with Gasteiger partial charge in [-0.2, -0.15) is 0 Å². The lowest BCUT2D eigenvalue weighted by Gasteiger charge is -2.43. The second-order valence-electron chi connectivity index (χ2n) is 7.13. The molecule has 2 aliphatic rings. The lowest BCUT2D eigenvalue weighted by atomic mass is 9.94. The van der Waals surface area contributed by atoms with E-state index >= 15 is 0 Å².